The number of benzene rings is 2. The molecule has 0 saturated carbocycles. The Morgan fingerprint density at radius 1 is 1.11 bits per heavy atom. The normalized spacial score (nSPS) is 11.1. The summed E-state index contributed by atoms with van der Waals surface area (Å²) >= 11 is 3.07. The Bertz CT molecular complexity index is 1090. The summed E-state index contributed by atoms with van der Waals surface area (Å²) < 4.78 is 14.8. The quantitative estimate of drug-likeness (QED) is 0.365. The molecule has 2 heterocycles. The summed E-state index contributed by atoms with van der Waals surface area (Å²) in [5.74, 6) is 6.82. The van der Waals surface area contributed by atoms with Gasteiger partial charge in [-0.3, -0.25) is 0 Å². The fourth-order valence-electron chi connectivity index (χ4n) is 2.73. The second-order valence-corrected chi connectivity index (χ2v) is 7.97. The number of nitrogens with zero attached hydrogens (tertiary/aromatic N) is 4. The van der Waals surface area contributed by atoms with Crippen LogP contribution in [0.3, 0.4) is 0 Å². The van der Waals surface area contributed by atoms with E-state index in [0.29, 0.717) is 22.3 Å². The van der Waals surface area contributed by atoms with E-state index >= 15 is 0 Å². The second-order valence-electron chi connectivity index (χ2n) is 6.17. The zero-order valence-electron chi connectivity index (χ0n) is 15.2. The van der Waals surface area contributed by atoms with Crippen LogP contribution in [0.2, 0.25) is 0 Å². The highest BCUT2D eigenvalue weighted by Gasteiger charge is 2.14. The summed E-state index contributed by atoms with van der Waals surface area (Å²) in [5.41, 5.74) is 3.98. The number of thiazole rings is 1. The average molecular weight is 412 g/mol. The van der Waals surface area contributed by atoms with E-state index in [1.54, 1.807) is 23.5 Å². The van der Waals surface area contributed by atoms with Crippen molar-refractivity contribution in [2.45, 2.75) is 24.3 Å². The number of hydrogen-bond acceptors (Lipinski definition) is 6. The van der Waals surface area contributed by atoms with Gasteiger partial charge in [0.15, 0.2) is 5.82 Å². The molecule has 0 spiro atoms. The SMILES string of the molecule is CCc1ccc(-c2nc(CSc3nnc(-c4cccc(F)c4)n3N)cs2)cc1. The number of thioether (sulfide) groups is 1. The molecule has 8 heteroatoms. The van der Waals surface area contributed by atoms with Crippen molar-refractivity contribution in [3.63, 3.8) is 0 Å². The Balaban J connectivity index is 1.46. The van der Waals surface area contributed by atoms with Crippen LogP contribution >= 0.6 is 23.1 Å². The standard InChI is InChI=1S/C20H18FN5S2/c1-2-13-6-8-14(9-7-13)19-23-17(11-27-19)12-28-20-25-24-18(26(20)22)15-4-3-5-16(21)10-15/h3-11H,2,12,22H2,1H3. The van der Waals surface area contributed by atoms with E-state index in [2.05, 4.69) is 41.4 Å². The minimum atomic E-state index is -0.336. The van der Waals surface area contributed by atoms with Crippen LogP contribution in [0.5, 0.6) is 0 Å². The summed E-state index contributed by atoms with van der Waals surface area (Å²) in [6, 6.07) is 14.6. The van der Waals surface area contributed by atoms with Gasteiger partial charge < -0.3 is 5.84 Å². The van der Waals surface area contributed by atoms with Crippen LogP contribution in [0.25, 0.3) is 22.0 Å². The highest BCUT2D eigenvalue weighted by molar-refractivity contribution is 7.98. The molecule has 28 heavy (non-hydrogen) atoms. The van der Waals surface area contributed by atoms with Gasteiger partial charge in [0.1, 0.15) is 10.8 Å². The van der Waals surface area contributed by atoms with Gasteiger partial charge >= 0.3 is 0 Å². The van der Waals surface area contributed by atoms with E-state index in [1.807, 2.05) is 5.38 Å². The molecule has 5 nitrogen and oxygen atoms in total. The lowest BCUT2D eigenvalue weighted by Crippen LogP contribution is -2.11. The van der Waals surface area contributed by atoms with Gasteiger partial charge in [-0.15, -0.1) is 21.5 Å². The molecular formula is C20H18FN5S2. The molecule has 4 rings (SSSR count). The first-order valence-electron chi connectivity index (χ1n) is 8.77. The Morgan fingerprint density at radius 2 is 1.93 bits per heavy atom. The van der Waals surface area contributed by atoms with Crippen molar-refractivity contribution >= 4 is 23.1 Å². The van der Waals surface area contributed by atoms with E-state index in [0.717, 1.165) is 22.7 Å². The Labute approximate surface area is 170 Å². The topological polar surface area (TPSA) is 69.6 Å². The molecule has 0 radical (unpaired) electrons. The van der Waals surface area contributed by atoms with Gasteiger partial charge in [0, 0.05) is 22.3 Å². The molecule has 0 amide bonds. The van der Waals surface area contributed by atoms with Gasteiger partial charge in [-0.25, -0.2) is 14.1 Å². The molecule has 2 N–H and O–H groups in total. The molecule has 0 bridgehead atoms. The maximum atomic E-state index is 13.4. The van der Waals surface area contributed by atoms with E-state index in [1.165, 1.54) is 34.1 Å². The smallest absolute Gasteiger partial charge is 0.210 e. The van der Waals surface area contributed by atoms with Crippen molar-refractivity contribution in [2.75, 3.05) is 5.84 Å². The zero-order valence-corrected chi connectivity index (χ0v) is 16.8. The lowest BCUT2D eigenvalue weighted by Gasteiger charge is -2.03. The molecule has 0 unspecified atom stereocenters. The molecule has 142 valence electrons. The van der Waals surface area contributed by atoms with Crippen LogP contribution in [-0.4, -0.2) is 19.9 Å². The maximum absolute atomic E-state index is 13.4. The number of nitrogens with two attached hydrogens (primary N) is 1. The van der Waals surface area contributed by atoms with Crippen molar-refractivity contribution in [3.05, 3.63) is 71.0 Å². The molecule has 0 aliphatic rings. The fraction of sp³-hybridized carbons (Fsp3) is 0.150. The number of rotatable bonds is 6. The van der Waals surface area contributed by atoms with Crippen molar-refractivity contribution in [3.8, 4) is 22.0 Å². The average Bonchev–Trinajstić information content (AvgIpc) is 3.33. The van der Waals surface area contributed by atoms with E-state index in [9.17, 15) is 4.39 Å². The third kappa shape index (κ3) is 3.93. The summed E-state index contributed by atoms with van der Waals surface area (Å²) in [5, 5.41) is 11.8. The third-order valence-corrected chi connectivity index (χ3v) is 6.17. The van der Waals surface area contributed by atoms with Crippen molar-refractivity contribution < 1.29 is 4.39 Å². The Kier molecular flexibility index (Phi) is 5.40. The van der Waals surface area contributed by atoms with E-state index < -0.39 is 0 Å². The monoisotopic (exact) mass is 411 g/mol. The summed E-state index contributed by atoms with van der Waals surface area (Å²) in [4.78, 5) is 4.71. The van der Waals surface area contributed by atoms with Gasteiger partial charge in [0.05, 0.1) is 5.69 Å². The van der Waals surface area contributed by atoms with Crippen LogP contribution in [-0.2, 0) is 12.2 Å². The molecule has 0 fully saturated rings. The van der Waals surface area contributed by atoms with Crippen LogP contribution < -0.4 is 5.84 Å². The number of nitrogen functional groups attached to an aromatic ring is 1. The number of aryl methyl sites for hydroxylation is 1. The second kappa shape index (κ2) is 8.12. The molecular weight excluding hydrogens is 393 g/mol. The van der Waals surface area contributed by atoms with Crippen molar-refractivity contribution in [2.24, 2.45) is 0 Å². The lowest BCUT2D eigenvalue weighted by atomic mass is 10.1. The summed E-state index contributed by atoms with van der Waals surface area (Å²) in [6.07, 6.45) is 1.03. The first-order valence-corrected chi connectivity index (χ1v) is 10.6. The number of aromatic nitrogens is 4. The highest BCUT2D eigenvalue weighted by Crippen LogP contribution is 2.28. The predicted octanol–water partition coefficient (Wildman–Crippen LogP) is 4.78. The lowest BCUT2D eigenvalue weighted by molar-refractivity contribution is 0.628. The van der Waals surface area contributed by atoms with Gasteiger partial charge in [0.2, 0.25) is 5.16 Å². The van der Waals surface area contributed by atoms with Gasteiger partial charge in [-0.05, 0) is 24.1 Å². The molecule has 0 atom stereocenters. The Morgan fingerprint density at radius 3 is 2.68 bits per heavy atom. The maximum Gasteiger partial charge on any atom is 0.210 e. The largest absolute Gasteiger partial charge is 0.335 e. The number of halogens is 1. The van der Waals surface area contributed by atoms with Gasteiger partial charge in [0.25, 0.3) is 0 Å². The summed E-state index contributed by atoms with van der Waals surface area (Å²) in [7, 11) is 0. The highest BCUT2D eigenvalue weighted by atomic mass is 32.2. The van der Waals surface area contributed by atoms with Gasteiger partial charge in [-0.1, -0.05) is 55.1 Å². The minimum absolute atomic E-state index is 0.336. The van der Waals surface area contributed by atoms with Crippen molar-refractivity contribution in [1.82, 2.24) is 19.9 Å². The van der Waals surface area contributed by atoms with Crippen LogP contribution in [0.15, 0.2) is 59.1 Å². The molecule has 0 saturated heterocycles. The molecule has 2 aromatic heterocycles. The first kappa shape index (κ1) is 18.6. The minimum Gasteiger partial charge on any atom is -0.335 e. The molecule has 0 aliphatic carbocycles. The van der Waals surface area contributed by atoms with Crippen LogP contribution in [0.4, 0.5) is 4.39 Å². The number of hydrogen-bond donors (Lipinski definition) is 1. The molecule has 4 aromatic rings. The molecule has 2 aromatic carbocycles. The van der Waals surface area contributed by atoms with Crippen LogP contribution in [0.1, 0.15) is 18.2 Å². The molecule has 0 aliphatic heterocycles. The van der Waals surface area contributed by atoms with Gasteiger partial charge in [-0.2, -0.15) is 0 Å². The third-order valence-electron chi connectivity index (χ3n) is 4.26. The predicted molar refractivity (Wildman–Crippen MR) is 112 cm³/mol. The van der Waals surface area contributed by atoms with Crippen molar-refractivity contribution in [1.29, 1.82) is 0 Å². The fourth-order valence-corrected chi connectivity index (χ4v) is 4.41. The van der Waals surface area contributed by atoms with Crippen LogP contribution in [0, 0.1) is 5.82 Å². The zero-order chi connectivity index (χ0) is 19.5. The first-order chi connectivity index (χ1) is 13.6. The summed E-state index contributed by atoms with van der Waals surface area (Å²) in [6.45, 7) is 2.14. The van der Waals surface area contributed by atoms with E-state index in [4.69, 9.17) is 10.8 Å². The van der Waals surface area contributed by atoms with E-state index in [-0.39, 0.29) is 5.82 Å². The Hall–Kier alpha value is -2.71.